The first-order valence-corrected chi connectivity index (χ1v) is 5.74. The Balaban J connectivity index is 1.76. The second-order valence-electron chi connectivity index (χ2n) is 4.25. The molecule has 1 aromatic carbocycles. The number of benzene rings is 1. The SMILES string of the molecule is c1ccc(NCC2CCCCC2)cc1. The van der Waals surface area contributed by atoms with Crippen LogP contribution in [-0.2, 0) is 0 Å². The van der Waals surface area contributed by atoms with Crippen molar-refractivity contribution in [3.8, 4) is 0 Å². The Labute approximate surface area is 86.5 Å². The van der Waals surface area contributed by atoms with E-state index in [2.05, 4.69) is 35.6 Å². The van der Waals surface area contributed by atoms with E-state index in [4.69, 9.17) is 0 Å². The molecule has 0 amide bonds. The fourth-order valence-corrected chi connectivity index (χ4v) is 2.21. The van der Waals surface area contributed by atoms with Gasteiger partial charge >= 0.3 is 0 Å². The molecule has 0 bridgehead atoms. The molecule has 1 N–H and O–H groups in total. The van der Waals surface area contributed by atoms with Crippen molar-refractivity contribution in [1.82, 2.24) is 0 Å². The summed E-state index contributed by atoms with van der Waals surface area (Å²) >= 11 is 0. The zero-order valence-corrected chi connectivity index (χ0v) is 8.71. The van der Waals surface area contributed by atoms with Gasteiger partial charge in [-0.25, -0.2) is 0 Å². The van der Waals surface area contributed by atoms with Crippen molar-refractivity contribution in [1.29, 1.82) is 0 Å². The highest BCUT2D eigenvalue weighted by atomic mass is 14.9. The van der Waals surface area contributed by atoms with Crippen LogP contribution in [0.3, 0.4) is 0 Å². The van der Waals surface area contributed by atoms with Gasteiger partial charge in [-0.3, -0.25) is 0 Å². The van der Waals surface area contributed by atoms with E-state index in [0.29, 0.717) is 0 Å². The van der Waals surface area contributed by atoms with Gasteiger partial charge in [-0.1, -0.05) is 37.5 Å². The van der Waals surface area contributed by atoms with E-state index in [1.165, 1.54) is 37.8 Å². The monoisotopic (exact) mass is 189 g/mol. The van der Waals surface area contributed by atoms with Crippen molar-refractivity contribution in [2.75, 3.05) is 11.9 Å². The average Bonchev–Trinajstić information content (AvgIpc) is 2.29. The Morgan fingerprint density at radius 2 is 1.71 bits per heavy atom. The highest BCUT2D eigenvalue weighted by molar-refractivity contribution is 5.42. The minimum atomic E-state index is 0.906. The number of hydrogen-bond donors (Lipinski definition) is 1. The summed E-state index contributed by atoms with van der Waals surface area (Å²) in [4.78, 5) is 0. The first-order chi connectivity index (χ1) is 6.95. The lowest BCUT2D eigenvalue weighted by Crippen LogP contribution is -2.16. The summed E-state index contributed by atoms with van der Waals surface area (Å²) in [5, 5.41) is 3.51. The van der Waals surface area contributed by atoms with E-state index in [1.54, 1.807) is 0 Å². The molecule has 0 spiro atoms. The van der Waals surface area contributed by atoms with Gasteiger partial charge in [0.25, 0.3) is 0 Å². The van der Waals surface area contributed by atoms with Crippen molar-refractivity contribution in [2.24, 2.45) is 5.92 Å². The lowest BCUT2D eigenvalue weighted by Gasteiger charge is -2.22. The average molecular weight is 189 g/mol. The molecule has 1 nitrogen and oxygen atoms in total. The van der Waals surface area contributed by atoms with Crippen molar-refractivity contribution in [2.45, 2.75) is 32.1 Å². The molecule has 0 aromatic heterocycles. The fourth-order valence-electron chi connectivity index (χ4n) is 2.21. The molecular formula is C13H19N. The molecule has 0 aliphatic heterocycles. The summed E-state index contributed by atoms with van der Waals surface area (Å²) in [5.74, 6) is 0.906. The maximum Gasteiger partial charge on any atom is 0.0340 e. The summed E-state index contributed by atoms with van der Waals surface area (Å²) in [6.45, 7) is 1.16. The summed E-state index contributed by atoms with van der Waals surface area (Å²) in [6, 6.07) is 10.5. The zero-order chi connectivity index (χ0) is 9.64. The van der Waals surface area contributed by atoms with Gasteiger partial charge in [-0.2, -0.15) is 0 Å². The standard InChI is InChI=1S/C13H19N/c1-3-7-12(8-4-1)11-14-13-9-5-2-6-10-13/h2,5-6,9-10,12,14H,1,3-4,7-8,11H2. The third kappa shape index (κ3) is 2.76. The molecule has 14 heavy (non-hydrogen) atoms. The molecule has 0 saturated heterocycles. The van der Waals surface area contributed by atoms with Crippen molar-refractivity contribution in [3.63, 3.8) is 0 Å². The molecule has 76 valence electrons. The second-order valence-corrected chi connectivity index (χ2v) is 4.25. The van der Waals surface area contributed by atoms with Crippen LogP contribution in [0.25, 0.3) is 0 Å². The lowest BCUT2D eigenvalue weighted by molar-refractivity contribution is 0.373. The molecule has 0 atom stereocenters. The molecular weight excluding hydrogens is 170 g/mol. The number of para-hydroxylation sites is 1. The van der Waals surface area contributed by atoms with Gasteiger partial charge in [0.2, 0.25) is 0 Å². The Bertz CT molecular complexity index is 249. The Morgan fingerprint density at radius 1 is 1.00 bits per heavy atom. The zero-order valence-electron chi connectivity index (χ0n) is 8.71. The van der Waals surface area contributed by atoms with Crippen LogP contribution in [0.2, 0.25) is 0 Å². The van der Waals surface area contributed by atoms with E-state index < -0.39 is 0 Å². The molecule has 1 aliphatic rings. The second kappa shape index (κ2) is 5.04. The van der Waals surface area contributed by atoms with E-state index in [-0.39, 0.29) is 0 Å². The molecule has 0 radical (unpaired) electrons. The normalized spacial score (nSPS) is 18.0. The van der Waals surface area contributed by atoms with E-state index >= 15 is 0 Å². The van der Waals surface area contributed by atoms with Crippen LogP contribution < -0.4 is 5.32 Å². The summed E-state index contributed by atoms with van der Waals surface area (Å²) in [6.07, 6.45) is 7.14. The Kier molecular flexibility index (Phi) is 3.44. The molecule has 1 heteroatoms. The number of rotatable bonds is 3. The van der Waals surface area contributed by atoms with Crippen molar-refractivity contribution < 1.29 is 0 Å². The summed E-state index contributed by atoms with van der Waals surface area (Å²) in [7, 11) is 0. The van der Waals surface area contributed by atoms with Crippen LogP contribution in [0, 0.1) is 5.92 Å². The predicted octanol–water partition coefficient (Wildman–Crippen LogP) is 3.68. The first-order valence-electron chi connectivity index (χ1n) is 5.74. The van der Waals surface area contributed by atoms with Gasteiger partial charge in [-0.15, -0.1) is 0 Å². The topological polar surface area (TPSA) is 12.0 Å². The molecule has 0 unspecified atom stereocenters. The van der Waals surface area contributed by atoms with E-state index in [0.717, 1.165) is 12.5 Å². The number of nitrogens with one attached hydrogen (secondary N) is 1. The fraction of sp³-hybridized carbons (Fsp3) is 0.538. The predicted molar refractivity (Wildman–Crippen MR) is 61.5 cm³/mol. The maximum atomic E-state index is 3.51. The third-order valence-electron chi connectivity index (χ3n) is 3.09. The maximum absolute atomic E-state index is 3.51. The minimum absolute atomic E-state index is 0.906. The quantitative estimate of drug-likeness (QED) is 0.764. The lowest BCUT2D eigenvalue weighted by atomic mass is 9.89. The van der Waals surface area contributed by atoms with Gasteiger partial charge in [0.15, 0.2) is 0 Å². The summed E-state index contributed by atoms with van der Waals surface area (Å²) < 4.78 is 0. The number of hydrogen-bond acceptors (Lipinski definition) is 1. The highest BCUT2D eigenvalue weighted by Crippen LogP contribution is 2.23. The van der Waals surface area contributed by atoms with Crippen molar-refractivity contribution in [3.05, 3.63) is 30.3 Å². The highest BCUT2D eigenvalue weighted by Gasteiger charge is 2.12. The Morgan fingerprint density at radius 3 is 2.43 bits per heavy atom. The Hall–Kier alpha value is -0.980. The van der Waals surface area contributed by atoms with Crippen LogP contribution in [-0.4, -0.2) is 6.54 Å². The molecule has 0 heterocycles. The van der Waals surface area contributed by atoms with Crippen LogP contribution >= 0.6 is 0 Å². The molecule has 1 aliphatic carbocycles. The number of anilines is 1. The van der Waals surface area contributed by atoms with Gasteiger partial charge in [0.05, 0.1) is 0 Å². The van der Waals surface area contributed by atoms with Gasteiger partial charge in [0, 0.05) is 12.2 Å². The van der Waals surface area contributed by atoms with Crippen LogP contribution in [0.1, 0.15) is 32.1 Å². The first kappa shape index (κ1) is 9.57. The minimum Gasteiger partial charge on any atom is -0.385 e. The third-order valence-corrected chi connectivity index (χ3v) is 3.09. The molecule has 1 aromatic rings. The van der Waals surface area contributed by atoms with Crippen LogP contribution in [0.5, 0.6) is 0 Å². The summed E-state index contributed by atoms with van der Waals surface area (Å²) in [5.41, 5.74) is 1.26. The molecule has 1 fully saturated rings. The largest absolute Gasteiger partial charge is 0.385 e. The molecule has 2 rings (SSSR count). The van der Waals surface area contributed by atoms with Gasteiger partial charge < -0.3 is 5.32 Å². The van der Waals surface area contributed by atoms with Gasteiger partial charge in [0.1, 0.15) is 0 Å². The smallest absolute Gasteiger partial charge is 0.0340 e. The van der Waals surface area contributed by atoms with Gasteiger partial charge in [-0.05, 0) is 30.9 Å². The van der Waals surface area contributed by atoms with Crippen LogP contribution in [0.4, 0.5) is 5.69 Å². The van der Waals surface area contributed by atoms with E-state index in [9.17, 15) is 0 Å². The van der Waals surface area contributed by atoms with Crippen LogP contribution in [0.15, 0.2) is 30.3 Å². The van der Waals surface area contributed by atoms with Crippen molar-refractivity contribution >= 4 is 5.69 Å². The molecule has 1 saturated carbocycles. The van der Waals surface area contributed by atoms with E-state index in [1.807, 2.05) is 0 Å².